The highest BCUT2D eigenvalue weighted by molar-refractivity contribution is 7.92. The van der Waals surface area contributed by atoms with E-state index in [1.807, 2.05) is 51.1 Å². The minimum absolute atomic E-state index is 0.137. The Morgan fingerprint density at radius 3 is 2.26 bits per heavy atom. The summed E-state index contributed by atoms with van der Waals surface area (Å²) in [5, 5.41) is 3.32. The highest BCUT2D eigenvalue weighted by atomic mass is 35.5. The molecule has 0 unspecified atom stereocenters. The molecule has 0 atom stereocenters. The van der Waals surface area contributed by atoms with E-state index in [0.717, 1.165) is 22.3 Å². The zero-order chi connectivity index (χ0) is 22.6. The van der Waals surface area contributed by atoms with E-state index >= 15 is 0 Å². The molecule has 0 saturated heterocycles. The lowest BCUT2D eigenvalue weighted by molar-refractivity contribution is -0.119. The number of benzene rings is 3. The number of aryl methyl sites for hydroxylation is 3. The molecule has 0 heterocycles. The van der Waals surface area contributed by atoms with Gasteiger partial charge in [0, 0.05) is 11.6 Å². The number of rotatable bonds is 7. The van der Waals surface area contributed by atoms with Crippen LogP contribution in [0.25, 0.3) is 0 Å². The van der Waals surface area contributed by atoms with Crippen LogP contribution in [0.2, 0.25) is 5.02 Å². The molecule has 0 aliphatic carbocycles. The summed E-state index contributed by atoms with van der Waals surface area (Å²) in [6, 6.07) is 19.3. The molecule has 1 amide bonds. The van der Waals surface area contributed by atoms with E-state index in [1.54, 1.807) is 36.4 Å². The van der Waals surface area contributed by atoms with Gasteiger partial charge >= 0.3 is 0 Å². The first-order valence-corrected chi connectivity index (χ1v) is 11.7. The standard InChI is InChI=1S/C24H25ClN2O3S/c1-17-9-12-21(13-10-17)31(29,30)27(23-14-18(2)8-11-19(23)3)16-24(28)26-15-20-6-4-5-7-22(20)25/h4-14H,15-16H2,1-3H3,(H,26,28). The Bertz CT molecular complexity index is 1190. The van der Waals surface area contributed by atoms with Crippen LogP contribution >= 0.6 is 11.6 Å². The molecule has 3 rings (SSSR count). The highest BCUT2D eigenvalue weighted by Gasteiger charge is 2.28. The van der Waals surface area contributed by atoms with Crippen molar-refractivity contribution in [2.24, 2.45) is 0 Å². The third kappa shape index (κ3) is 5.46. The van der Waals surface area contributed by atoms with Crippen molar-refractivity contribution in [3.63, 3.8) is 0 Å². The van der Waals surface area contributed by atoms with Gasteiger partial charge < -0.3 is 5.32 Å². The summed E-state index contributed by atoms with van der Waals surface area (Å²) in [4.78, 5) is 12.9. The van der Waals surface area contributed by atoms with Crippen molar-refractivity contribution in [2.75, 3.05) is 10.8 Å². The van der Waals surface area contributed by atoms with Crippen molar-refractivity contribution >= 4 is 33.2 Å². The monoisotopic (exact) mass is 456 g/mol. The molecule has 0 aliphatic rings. The number of amides is 1. The number of halogens is 1. The Morgan fingerprint density at radius 1 is 0.935 bits per heavy atom. The Kier molecular flexibility index (Phi) is 7.03. The molecule has 0 aromatic heterocycles. The Morgan fingerprint density at radius 2 is 1.58 bits per heavy atom. The first-order valence-electron chi connectivity index (χ1n) is 9.85. The van der Waals surface area contributed by atoms with Gasteiger partial charge in [-0.2, -0.15) is 0 Å². The van der Waals surface area contributed by atoms with E-state index in [9.17, 15) is 13.2 Å². The predicted molar refractivity (Wildman–Crippen MR) is 125 cm³/mol. The summed E-state index contributed by atoms with van der Waals surface area (Å²) in [6.45, 7) is 5.47. The number of hydrogen-bond donors (Lipinski definition) is 1. The lowest BCUT2D eigenvalue weighted by atomic mass is 10.1. The van der Waals surface area contributed by atoms with Gasteiger partial charge in [0.05, 0.1) is 10.6 Å². The number of nitrogens with one attached hydrogen (secondary N) is 1. The number of carbonyl (C=O) groups excluding carboxylic acids is 1. The molecule has 3 aromatic rings. The quantitative estimate of drug-likeness (QED) is 0.556. The highest BCUT2D eigenvalue weighted by Crippen LogP contribution is 2.28. The summed E-state index contributed by atoms with van der Waals surface area (Å²) < 4.78 is 28.2. The molecule has 1 N–H and O–H groups in total. The lowest BCUT2D eigenvalue weighted by Gasteiger charge is -2.26. The number of nitrogens with zero attached hydrogens (tertiary/aromatic N) is 1. The second-order valence-corrected chi connectivity index (χ2v) is 9.75. The summed E-state index contributed by atoms with van der Waals surface area (Å²) in [6.07, 6.45) is 0. The first-order chi connectivity index (χ1) is 14.7. The fourth-order valence-electron chi connectivity index (χ4n) is 3.15. The predicted octanol–water partition coefficient (Wildman–Crippen LogP) is 4.78. The minimum Gasteiger partial charge on any atom is -0.350 e. The normalized spacial score (nSPS) is 11.2. The van der Waals surface area contributed by atoms with Gasteiger partial charge in [-0.3, -0.25) is 9.10 Å². The zero-order valence-corrected chi connectivity index (χ0v) is 19.3. The van der Waals surface area contributed by atoms with Crippen molar-refractivity contribution < 1.29 is 13.2 Å². The summed E-state index contributed by atoms with van der Waals surface area (Å²) in [5.74, 6) is -0.420. The van der Waals surface area contributed by atoms with E-state index < -0.39 is 15.9 Å². The van der Waals surface area contributed by atoms with E-state index in [2.05, 4.69) is 5.32 Å². The average Bonchev–Trinajstić information content (AvgIpc) is 2.73. The van der Waals surface area contributed by atoms with Crippen LogP contribution in [0.1, 0.15) is 22.3 Å². The molecule has 162 valence electrons. The largest absolute Gasteiger partial charge is 0.350 e. The molecule has 5 nitrogen and oxygen atoms in total. The molecule has 0 fully saturated rings. The molecule has 0 radical (unpaired) electrons. The molecule has 7 heteroatoms. The molecule has 31 heavy (non-hydrogen) atoms. The summed E-state index contributed by atoms with van der Waals surface area (Å²) >= 11 is 6.16. The topological polar surface area (TPSA) is 66.5 Å². The van der Waals surface area contributed by atoms with Gasteiger partial charge in [-0.05, 0) is 61.7 Å². The van der Waals surface area contributed by atoms with Crippen molar-refractivity contribution in [3.8, 4) is 0 Å². The van der Waals surface area contributed by atoms with Gasteiger partial charge in [0.15, 0.2) is 0 Å². The third-order valence-electron chi connectivity index (χ3n) is 4.96. The summed E-state index contributed by atoms with van der Waals surface area (Å²) in [7, 11) is -3.95. The first kappa shape index (κ1) is 22.8. The Labute approximate surface area is 188 Å². The van der Waals surface area contributed by atoms with Crippen LogP contribution in [0.5, 0.6) is 0 Å². The van der Waals surface area contributed by atoms with E-state index in [1.165, 1.54) is 4.31 Å². The van der Waals surface area contributed by atoms with E-state index in [-0.39, 0.29) is 18.0 Å². The fraction of sp³-hybridized carbons (Fsp3) is 0.208. The Balaban J connectivity index is 1.92. The molecule has 3 aromatic carbocycles. The average molecular weight is 457 g/mol. The molecule has 0 saturated carbocycles. The van der Waals surface area contributed by atoms with Crippen LogP contribution in [0, 0.1) is 20.8 Å². The van der Waals surface area contributed by atoms with Crippen molar-refractivity contribution in [1.82, 2.24) is 5.32 Å². The number of hydrogen-bond acceptors (Lipinski definition) is 3. The van der Waals surface area contributed by atoms with E-state index in [4.69, 9.17) is 11.6 Å². The van der Waals surface area contributed by atoms with Crippen LogP contribution < -0.4 is 9.62 Å². The van der Waals surface area contributed by atoms with Gasteiger partial charge in [0.25, 0.3) is 10.0 Å². The minimum atomic E-state index is -3.95. The maximum Gasteiger partial charge on any atom is 0.264 e. The van der Waals surface area contributed by atoms with Crippen LogP contribution in [0.4, 0.5) is 5.69 Å². The molecule has 0 spiro atoms. The van der Waals surface area contributed by atoms with Gasteiger partial charge in [-0.15, -0.1) is 0 Å². The fourth-order valence-corrected chi connectivity index (χ4v) is 4.83. The third-order valence-corrected chi connectivity index (χ3v) is 7.11. The molecule has 0 aliphatic heterocycles. The van der Waals surface area contributed by atoms with Crippen LogP contribution in [0.15, 0.2) is 71.6 Å². The number of carbonyl (C=O) groups is 1. The second-order valence-electron chi connectivity index (χ2n) is 7.48. The molecule has 0 bridgehead atoms. The van der Waals surface area contributed by atoms with Crippen LogP contribution in [-0.2, 0) is 21.4 Å². The van der Waals surface area contributed by atoms with Gasteiger partial charge in [0.1, 0.15) is 6.54 Å². The van der Waals surface area contributed by atoms with Crippen molar-refractivity contribution in [1.29, 1.82) is 0 Å². The van der Waals surface area contributed by atoms with Gasteiger partial charge in [-0.1, -0.05) is 59.6 Å². The van der Waals surface area contributed by atoms with Gasteiger partial charge in [-0.25, -0.2) is 8.42 Å². The maximum absolute atomic E-state index is 13.5. The number of sulfonamides is 1. The zero-order valence-electron chi connectivity index (χ0n) is 17.7. The molecular weight excluding hydrogens is 432 g/mol. The maximum atomic E-state index is 13.5. The van der Waals surface area contributed by atoms with Crippen LogP contribution in [0.3, 0.4) is 0 Å². The Hall–Kier alpha value is -2.83. The molecular formula is C24H25ClN2O3S. The number of anilines is 1. The summed E-state index contributed by atoms with van der Waals surface area (Å²) in [5.41, 5.74) is 3.86. The van der Waals surface area contributed by atoms with Gasteiger partial charge in [0.2, 0.25) is 5.91 Å². The second kappa shape index (κ2) is 9.54. The van der Waals surface area contributed by atoms with Crippen molar-refractivity contribution in [3.05, 3.63) is 94.0 Å². The smallest absolute Gasteiger partial charge is 0.264 e. The van der Waals surface area contributed by atoms with E-state index in [0.29, 0.717) is 10.7 Å². The van der Waals surface area contributed by atoms with Crippen LogP contribution in [-0.4, -0.2) is 20.9 Å². The van der Waals surface area contributed by atoms with Crippen molar-refractivity contribution in [2.45, 2.75) is 32.2 Å². The lowest BCUT2D eigenvalue weighted by Crippen LogP contribution is -2.41. The SMILES string of the molecule is Cc1ccc(S(=O)(=O)N(CC(=O)NCc2ccccc2Cl)c2cc(C)ccc2C)cc1.